The molecule has 120 valence electrons. The van der Waals surface area contributed by atoms with E-state index in [-0.39, 0.29) is 17.8 Å². The molecular formula is C18H19FN2O2. The summed E-state index contributed by atoms with van der Waals surface area (Å²) in [7, 11) is 1.78. The number of amides is 1. The maximum absolute atomic E-state index is 13.3. The predicted octanol–water partition coefficient (Wildman–Crippen LogP) is 3.99. The first kappa shape index (κ1) is 15.3. The molecule has 5 heteroatoms. The summed E-state index contributed by atoms with van der Waals surface area (Å²) in [5, 5.41) is 0.699. The number of H-pyrrole nitrogens is 1. The third-order valence-corrected chi connectivity index (χ3v) is 4.18. The molecule has 0 aliphatic rings. The van der Waals surface area contributed by atoms with Gasteiger partial charge in [-0.1, -0.05) is 0 Å². The van der Waals surface area contributed by atoms with Gasteiger partial charge in [-0.2, -0.15) is 0 Å². The van der Waals surface area contributed by atoms with Crippen LogP contribution in [0.2, 0.25) is 0 Å². The van der Waals surface area contributed by atoms with Crippen LogP contribution in [0.4, 0.5) is 4.39 Å². The van der Waals surface area contributed by atoms with E-state index in [1.165, 1.54) is 12.1 Å². The number of hydrogen-bond acceptors (Lipinski definition) is 2. The Bertz CT molecular complexity index is 808. The van der Waals surface area contributed by atoms with Crippen molar-refractivity contribution in [2.45, 2.75) is 25.8 Å². The fourth-order valence-corrected chi connectivity index (χ4v) is 2.61. The topological polar surface area (TPSA) is 49.2 Å². The lowest BCUT2D eigenvalue weighted by atomic mass is 10.1. The second-order valence-corrected chi connectivity index (χ2v) is 5.80. The number of aromatic nitrogens is 1. The van der Waals surface area contributed by atoms with E-state index >= 15 is 0 Å². The Labute approximate surface area is 133 Å². The van der Waals surface area contributed by atoms with Gasteiger partial charge >= 0.3 is 0 Å². The van der Waals surface area contributed by atoms with E-state index in [9.17, 15) is 9.18 Å². The van der Waals surface area contributed by atoms with Gasteiger partial charge in [-0.05, 0) is 49.7 Å². The van der Waals surface area contributed by atoms with E-state index < -0.39 is 0 Å². The third kappa shape index (κ3) is 3.28. The van der Waals surface area contributed by atoms with Crippen LogP contribution in [-0.2, 0) is 6.42 Å². The summed E-state index contributed by atoms with van der Waals surface area (Å²) in [6.45, 7) is 2.00. The Morgan fingerprint density at radius 1 is 1.35 bits per heavy atom. The first-order chi connectivity index (χ1) is 11.0. The molecule has 1 N–H and O–H groups in total. The number of rotatable bonds is 5. The van der Waals surface area contributed by atoms with Gasteiger partial charge in [0.25, 0.3) is 5.91 Å². The number of hydrogen-bond donors (Lipinski definition) is 1. The molecule has 0 saturated carbocycles. The fraction of sp³-hybridized carbons (Fsp3) is 0.278. The Morgan fingerprint density at radius 3 is 2.91 bits per heavy atom. The number of furan rings is 1. The molecule has 2 heterocycles. The molecule has 0 bridgehead atoms. The second-order valence-electron chi connectivity index (χ2n) is 5.80. The molecule has 0 unspecified atom stereocenters. The highest BCUT2D eigenvalue weighted by molar-refractivity contribution is 5.98. The number of fused-ring (bicyclic) bond motifs is 1. The van der Waals surface area contributed by atoms with Gasteiger partial charge in [0, 0.05) is 30.4 Å². The molecule has 23 heavy (non-hydrogen) atoms. The number of aryl methyl sites for hydroxylation is 1. The zero-order valence-electron chi connectivity index (χ0n) is 13.2. The number of benzene rings is 1. The summed E-state index contributed by atoms with van der Waals surface area (Å²) in [6, 6.07) is 9.99. The van der Waals surface area contributed by atoms with Crippen molar-refractivity contribution in [3.8, 4) is 0 Å². The van der Waals surface area contributed by atoms with Crippen LogP contribution in [-0.4, -0.2) is 28.9 Å². The number of aromatic amines is 1. The molecule has 3 aromatic rings. The van der Waals surface area contributed by atoms with Gasteiger partial charge in [-0.25, -0.2) is 4.39 Å². The van der Waals surface area contributed by atoms with Crippen LogP contribution in [0, 0.1) is 5.82 Å². The monoisotopic (exact) mass is 314 g/mol. The summed E-state index contributed by atoms with van der Waals surface area (Å²) in [5.74, 6) is 0.503. The van der Waals surface area contributed by atoms with Gasteiger partial charge in [-0.3, -0.25) is 4.79 Å². The first-order valence-electron chi connectivity index (χ1n) is 7.62. The van der Waals surface area contributed by atoms with Crippen LogP contribution in [0.3, 0.4) is 0 Å². The van der Waals surface area contributed by atoms with E-state index in [1.807, 2.05) is 19.1 Å². The summed E-state index contributed by atoms with van der Waals surface area (Å²) in [4.78, 5) is 17.3. The Balaban J connectivity index is 1.69. The van der Waals surface area contributed by atoms with E-state index in [0.717, 1.165) is 24.1 Å². The van der Waals surface area contributed by atoms with Crippen molar-refractivity contribution in [3.05, 3.63) is 59.9 Å². The molecule has 0 aliphatic heterocycles. The lowest BCUT2D eigenvalue weighted by Gasteiger charge is -2.24. The van der Waals surface area contributed by atoms with Crippen molar-refractivity contribution in [2.24, 2.45) is 0 Å². The van der Waals surface area contributed by atoms with Crippen LogP contribution in [0.1, 0.15) is 29.6 Å². The average molecular weight is 314 g/mol. The van der Waals surface area contributed by atoms with Gasteiger partial charge < -0.3 is 14.3 Å². The largest absolute Gasteiger partial charge is 0.469 e. The van der Waals surface area contributed by atoms with Gasteiger partial charge in [0.15, 0.2) is 0 Å². The smallest absolute Gasteiger partial charge is 0.270 e. The molecule has 4 nitrogen and oxygen atoms in total. The van der Waals surface area contributed by atoms with E-state index in [1.54, 1.807) is 30.3 Å². The lowest BCUT2D eigenvalue weighted by molar-refractivity contribution is 0.0731. The number of carbonyl (C=O) groups is 1. The highest BCUT2D eigenvalue weighted by atomic mass is 19.1. The Kier molecular flexibility index (Phi) is 4.19. The zero-order chi connectivity index (χ0) is 16.4. The number of nitrogens with one attached hydrogen (secondary N) is 1. The highest BCUT2D eigenvalue weighted by Gasteiger charge is 2.19. The SMILES string of the molecule is C[C@H](CCc1ccco1)N(C)C(=O)c1cc2cc(F)ccc2[nH]1. The van der Waals surface area contributed by atoms with E-state index in [4.69, 9.17) is 4.42 Å². The van der Waals surface area contributed by atoms with Crippen LogP contribution < -0.4 is 0 Å². The normalized spacial score (nSPS) is 12.5. The van der Waals surface area contributed by atoms with Crippen LogP contribution in [0.25, 0.3) is 10.9 Å². The molecule has 0 saturated heterocycles. The molecular weight excluding hydrogens is 295 g/mol. The zero-order valence-corrected chi connectivity index (χ0v) is 13.2. The predicted molar refractivity (Wildman–Crippen MR) is 86.8 cm³/mol. The van der Waals surface area contributed by atoms with Crippen LogP contribution >= 0.6 is 0 Å². The van der Waals surface area contributed by atoms with Crippen molar-refractivity contribution in [3.63, 3.8) is 0 Å². The maximum Gasteiger partial charge on any atom is 0.270 e. The minimum absolute atomic E-state index is 0.0655. The highest BCUT2D eigenvalue weighted by Crippen LogP contribution is 2.19. The summed E-state index contributed by atoms with van der Waals surface area (Å²) in [5.41, 5.74) is 1.23. The molecule has 2 aromatic heterocycles. The number of carbonyl (C=O) groups excluding carboxylic acids is 1. The van der Waals surface area contributed by atoms with Crippen molar-refractivity contribution in [1.29, 1.82) is 0 Å². The van der Waals surface area contributed by atoms with Crippen molar-refractivity contribution in [1.82, 2.24) is 9.88 Å². The molecule has 1 amide bonds. The average Bonchev–Trinajstić information content (AvgIpc) is 3.19. The van der Waals surface area contributed by atoms with Gasteiger partial charge in [0.1, 0.15) is 17.3 Å². The minimum Gasteiger partial charge on any atom is -0.469 e. The van der Waals surface area contributed by atoms with Crippen molar-refractivity contribution >= 4 is 16.8 Å². The molecule has 1 atom stereocenters. The molecule has 3 rings (SSSR count). The summed E-state index contributed by atoms with van der Waals surface area (Å²) >= 11 is 0. The van der Waals surface area contributed by atoms with Crippen LogP contribution in [0.5, 0.6) is 0 Å². The fourth-order valence-electron chi connectivity index (χ4n) is 2.61. The lowest BCUT2D eigenvalue weighted by Crippen LogP contribution is -2.35. The summed E-state index contributed by atoms with van der Waals surface area (Å²) in [6.07, 6.45) is 3.24. The maximum atomic E-state index is 13.3. The van der Waals surface area contributed by atoms with Crippen molar-refractivity contribution < 1.29 is 13.6 Å². The molecule has 1 aromatic carbocycles. The molecule has 0 aliphatic carbocycles. The third-order valence-electron chi connectivity index (χ3n) is 4.18. The Morgan fingerprint density at radius 2 is 2.17 bits per heavy atom. The minimum atomic E-state index is -0.310. The Hall–Kier alpha value is -2.56. The van der Waals surface area contributed by atoms with Gasteiger partial charge in [-0.15, -0.1) is 0 Å². The number of nitrogens with zero attached hydrogens (tertiary/aromatic N) is 1. The first-order valence-corrected chi connectivity index (χ1v) is 7.62. The van der Waals surface area contributed by atoms with Crippen molar-refractivity contribution in [2.75, 3.05) is 7.05 Å². The van der Waals surface area contributed by atoms with Crippen LogP contribution in [0.15, 0.2) is 47.1 Å². The molecule has 0 fully saturated rings. The standard InChI is InChI=1S/C18H19FN2O2/c1-12(5-7-15-4-3-9-23-15)21(2)18(22)17-11-13-10-14(19)6-8-16(13)20-17/h3-4,6,8-12,20H,5,7H2,1-2H3/t12-/m1/s1. The van der Waals surface area contributed by atoms with E-state index in [2.05, 4.69) is 4.98 Å². The summed E-state index contributed by atoms with van der Waals surface area (Å²) < 4.78 is 18.6. The van der Waals surface area contributed by atoms with Gasteiger partial charge in [0.05, 0.1) is 6.26 Å². The molecule has 0 radical (unpaired) electrons. The quantitative estimate of drug-likeness (QED) is 0.774. The number of halogens is 1. The van der Waals surface area contributed by atoms with E-state index in [0.29, 0.717) is 11.1 Å². The molecule has 0 spiro atoms. The second kappa shape index (κ2) is 6.28. The van der Waals surface area contributed by atoms with Gasteiger partial charge in [0.2, 0.25) is 0 Å².